The Labute approximate surface area is 312 Å². The summed E-state index contributed by atoms with van der Waals surface area (Å²) in [5.41, 5.74) is 8.48. The van der Waals surface area contributed by atoms with Crippen LogP contribution < -0.4 is 0 Å². The largest absolute Gasteiger partial charge is 0.456 e. The van der Waals surface area contributed by atoms with Crippen LogP contribution in [0.5, 0.6) is 0 Å². The Morgan fingerprint density at radius 1 is 0.436 bits per heavy atom. The molecule has 0 aliphatic carbocycles. The maximum atomic E-state index is 6.84. The van der Waals surface area contributed by atoms with Gasteiger partial charge < -0.3 is 8.83 Å². The highest BCUT2D eigenvalue weighted by molar-refractivity contribution is 6.37. The molecule has 55 heavy (non-hydrogen) atoms. The molecule has 0 fully saturated rings. The zero-order valence-electron chi connectivity index (χ0n) is 29.2. The van der Waals surface area contributed by atoms with Gasteiger partial charge in [-0.3, -0.25) is 4.57 Å². The maximum absolute atomic E-state index is 6.84. The lowest BCUT2D eigenvalue weighted by molar-refractivity contribution is 0.669. The van der Waals surface area contributed by atoms with E-state index in [0.717, 1.165) is 87.7 Å². The van der Waals surface area contributed by atoms with Crippen molar-refractivity contribution in [3.63, 3.8) is 0 Å². The lowest BCUT2D eigenvalue weighted by Gasteiger charge is -2.11. The van der Waals surface area contributed by atoms with Crippen molar-refractivity contribution in [3.05, 3.63) is 164 Å². The minimum Gasteiger partial charge on any atom is -0.456 e. The molecule has 0 bridgehead atoms. The van der Waals surface area contributed by atoms with Crippen LogP contribution in [0.1, 0.15) is 0 Å². The number of fused-ring (bicyclic) bond motifs is 18. The molecular weight excluding hydrogens is 675 g/mol. The quantitative estimate of drug-likeness (QED) is 0.180. The fourth-order valence-corrected chi connectivity index (χ4v) is 9.26. The number of furan rings is 2. The van der Waals surface area contributed by atoms with Crippen LogP contribution in [0.3, 0.4) is 0 Å². The van der Waals surface area contributed by atoms with E-state index in [2.05, 4.69) is 156 Å². The minimum absolute atomic E-state index is 0.597. The predicted molar refractivity (Wildman–Crippen MR) is 226 cm³/mol. The van der Waals surface area contributed by atoms with Crippen molar-refractivity contribution >= 4 is 109 Å². The topological polar surface area (TPSA) is 57.0 Å². The Morgan fingerprint density at radius 3 is 1.95 bits per heavy atom. The lowest BCUT2D eigenvalue weighted by atomic mass is 9.97. The van der Waals surface area contributed by atoms with Gasteiger partial charge >= 0.3 is 0 Å². The molecule has 254 valence electrons. The van der Waals surface area contributed by atoms with Crippen LogP contribution >= 0.6 is 0 Å². The second-order valence-corrected chi connectivity index (χ2v) is 14.5. The lowest BCUT2D eigenvalue weighted by Crippen LogP contribution is -2.01. The third-order valence-corrected chi connectivity index (χ3v) is 11.6. The predicted octanol–water partition coefficient (Wildman–Crippen LogP) is 13.7. The van der Waals surface area contributed by atoms with Crippen molar-refractivity contribution in [3.8, 4) is 17.1 Å². The van der Waals surface area contributed by atoms with E-state index in [0.29, 0.717) is 5.95 Å². The van der Waals surface area contributed by atoms with E-state index in [-0.39, 0.29) is 0 Å². The normalized spacial score (nSPS) is 12.4. The van der Waals surface area contributed by atoms with Crippen LogP contribution in [0.25, 0.3) is 126 Å². The molecule has 0 N–H and O–H groups in total. The Kier molecular flexibility index (Phi) is 5.57. The zero-order chi connectivity index (χ0) is 35.8. The van der Waals surface area contributed by atoms with E-state index < -0.39 is 0 Å². The summed E-state index contributed by atoms with van der Waals surface area (Å²) in [4.78, 5) is 10.6. The molecule has 0 amide bonds. The first-order valence-electron chi connectivity index (χ1n) is 18.6. The van der Waals surface area contributed by atoms with Gasteiger partial charge in [0.1, 0.15) is 22.3 Å². The van der Waals surface area contributed by atoms with E-state index in [1.807, 2.05) is 12.3 Å². The van der Waals surface area contributed by atoms with Crippen molar-refractivity contribution in [2.75, 3.05) is 0 Å². The number of nitrogens with zero attached hydrogens (tertiary/aromatic N) is 3. The fraction of sp³-hybridized carbons (Fsp3) is 0. The number of hydrogen-bond donors (Lipinski definition) is 0. The van der Waals surface area contributed by atoms with Gasteiger partial charge in [-0.15, -0.1) is 0 Å². The molecule has 4 aromatic heterocycles. The molecule has 0 unspecified atom stereocenters. The molecule has 13 rings (SSSR count). The molecule has 0 aliphatic rings. The summed E-state index contributed by atoms with van der Waals surface area (Å²) in [5.74, 6) is 0.597. The first kappa shape index (κ1) is 29.0. The summed E-state index contributed by atoms with van der Waals surface area (Å²) >= 11 is 0. The Morgan fingerprint density at radius 2 is 1.11 bits per heavy atom. The van der Waals surface area contributed by atoms with Crippen LogP contribution in [-0.2, 0) is 0 Å². The molecule has 0 radical (unpaired) electrons. The van der Waals surface area contributed by atoms with E-state index in [1.54, 1.807) is 0 Å². The van der Waals surface area contributed by atoms with E-state index in [4.69, 9.17) is 18.8 Å². The molecule has 0 saturated heterocycles. The first-order chi connectivity index (χ1) is 27.3. The van der Waals surface area contributed by atoms with Crippen molar-refractivity contribution in [1.29, 1.82) is 0 Å². The molecule has 0 spiro atoms. The highest BCUT2D eigenvalue weighted by atomic mass is 16.3. The highest BCUT2D eigenvalue weighted by Crippen LogP contribution is 2.47. The highest BCUT2D eigenvalue weighted by Gasteiger charge is 2.25. The SMILES string of the molecule is c1ccc2c(c1)ccc1oc3ccc(-c4cccc5nc(-n6c7ccc8ccccc8c7c7c8ccccc8c8c9ccccc9oc8c76)ncc45)cc3c12. The van der Waals surface area contributed by atoms with Gasteiger partial charge in [0.05, 0.1) is 11.0 Å². The second kappa shape index (κ2) is 10.6. The Bertz CT molecular complexity index is 3790. The molecule has 5 heteroatoms. The number of para-hydroxylation sites is 1. The summed E-state index contributed by atoms with van der Waals surface area (Å²) in [6.07, 6.45) is 1.98. The molecule has 9 aromatic carbocycles. The smallest absolute Gasteiger partial charge is 0.235 e. The number of aromatic nitrogens is 3. The third-order valence-electron chi connectivity index (χ3n) is 11.6. The van der Waals surface area contributed by atoms with Crippen molar-refractivity contribution in [1.82, 2.24) is 14.5 Å². The Balaban J connectivity index is 1.11. The van der Waals surface area contributed by atoms with Gasteiger partial charge in [-0.25, -0.2) is 9.97 Å². The van der Waals surface area contributed by atoms with Gasteiger partial charge in [-0.1, -0.05) is 121 Å². The van der Waals surface area contributed by atoms with Crippen LogP contribution in [0.2, 0.25) is 0 Å². The van der Waals surface area contributed by atoms with Gasteiger partial charge in [-0.2, -0.15) is 0 Å². The van der Waals surface area contributed by atoms with Crippen LogP contribution in [-0.4, -0.2) is 14.5 Å². The molecule has 4 heterocycles. The summed E-state index contributed by atoms with van der Waals surface area (Å²) in [7, 11) is 0. The van der Waals surface area contributed by atoms with Gasteiger partial charge in [0, 0.05) is 43.9 Å². The molecular formula is C50H27N3O2. The average Bonchev–Trinajstić information content (AvgIpc) is 3.93. The molecule has 5 nitrogen and oxygen atoms in total. The summed E-state index contributed by atoms with van der Waals surface area (Å²) in [6, 6.07) is 55.5. The second-order valence-electron chi connectivity index (χ2n) is 14.5. The van der Waals surface area contributed by atoms with Crippen molar-refractivity contribution < 1.29 is 8.83 Å². The third kappa shape index (κ3) is 3.86. The summed E-state index contributed by atoms with van der Waals surface area (Å²) < 4.78 is 15.4. The van der Waals surface area contributed by atoms with Gasteiger partial charge in [-0.05, 0) is 79.8 Å². The van der Waals surface area contributed by atoms with E-state index in [1.165, 1.54) is 32.3 Å². The van der Waals surface area contributed by atoms with E-state index in [9.17, 15) is 0 Å². The Hall–Kier alpha value is -7.50. The van der Waals surface area contributed by atoms with Crippen molar-refractivity contribution in [2.45, 2.75) is 0 Å². The number of benzene rings is 9. The average molecular weight is 702 g/mol. The summed E-state index contributed by atoms with van der Waals surface area (Å²) in [5, 5.41) is 14.8. The van der Waals surface area contributed by atoms with Gasteiger partial charge in [0.2, 0.25) is 5.95 Å². The maximum Gasteiger partial charge on any atom is 0.235 e. The standard InChI is InChI=1S/C50H27N3O2/c1-3-12-32-29(11-1)21-25-43-44(32)37-26-30(22-24-42(37)54-43)31-17-9-18-39-38(31)27-51-50(52-39)53-40-23-20-28-10-2-4-13-33(28)46(40)47-35-15-6-5-14-34(35)45-36-16-7-8-19-41(36)55-49(45)48(47)53/h1-27H. The van der Waals surface area contributed by atoms with Crippen LogP contribution in [0.15, 0.2) is 173 Å². The molecule has 0 saturated carbocycles. The molecule has 0 atom stereocenters. The summed E-state index contributed by atoms with van der Waals surface area (Å²) in [6.45, 7) is 0. The van der Waals surface area contributed by atoms with E-state index >= 15 is 0 Å². The number of rotatable bonds is 2. The molecule has 13 aromatic rings. The zero-order valence-corrected chi connectivity index (χ0v) is 29.2. The fourth-order valence-electron chi connectivity index (χ4n) is 9.26. The van der Waals surface area contributed by atoms with Gasteiger partial charge in [0.15, 0.2) is 5.58 Å². The van der Waals surface area contributed by atoms with Crippen LogP contribution in [0, 0.1) is 0 Å². The monoisotopic (exact) mass is 701 g/mol. The number of hydrogen-bond acceptors (Lipinski definition) is 4. The van der Waals surface area contributed by atoms with Gasteiger partial charge in [0.25, 0.3) is 0 Å². The molecule has 0 aliphatic heterocycles. The van der Waals surface area contributed by atoms with Crippen molar-refractivity contribution in [2.24, 2.45) is 0 Å². The minimum atomic E-state index is 0.597. The first-order valence-corrected chi connectivity index (χ1v) is 18.6. The van der Waals surface area contributed by atoms with Crippen LogP contribution in [0.4, 0.5) is 0 Å².